The first-order valence-corrected chi connectivity index (χ1v) is 9.25. The van der Waals surface area contributed by atoms with Crippen LogP contribution >= 0.6 is 0 Å². The van der Waals surface area contributed by atoms with Crippen LogP contribution in [0.2, 0.25) is 0 Å². The molecule has 0 aromatic heterocycles. The average Bonchev–Trinajstić information content (AvgIpc) is 2.73. The van der Waals surface area contributed by atoms with Gasteiger partial charge in [0.2, 0.25) is 0 Å². The van der Waals surface area contributed by atoms with Crippen LogP contribution in [-0.4, -0.2) is 37.0 Å². The van der Waals surface area contributed by atoms with Gasteiger partial charge >= 0.3 is 5.97 Å². The van der Waals surface area contributed by atoms with E-state index in [0.29, 0.717) is 11.3 Å². The lowest BCUT2D eigenvalue weighted by Gasteiger charge is -2.21. The lowest BCUT2D eigenvalue weighted by atomic mass is 10.2. The predicted molar refractivity (Wildman–Crippen MR) is 108 cm³/mol. The molecule has 7 nitrogen and oxygen atoms in total. The van der Waals surface area contributed by atoms with Gasteiger partial charge in [0.25, 0.3) is 11.8 Å². The van der Waals surface area contributed by atoms with Gasteiger partial charge in [-0.25, -0.2) is 0 Å². The molecule has 0 radical (unpaired) electrons. The molecule has 1 atom stereocenters. The molecule has 0 fully saturated rings. The Bertz CT molecular complexity index is 863. The Kier molecular flexibility index (Phi) is 8.39. The van der Waals surface area contributed by atoms with Gasteiger partial charge < -0.3 is 15.0 Å². The summed E-state index contributed by atoms with van der Waals surface area (Å²) in [5, 5.41) is 11.5. The maximum Gasteiger partial charge on any atom is 0.308 e. The van der Waals surface area contributed by atoms with Crippen LogP contribution in [0.15, 0.2) is 60.7 Å². The molecule has 2 amide bonds. The number of rotatable bonds is 9. The highest BCUT2D eigenvalue weighted by molar-refractivity contribution is 5.96. The molecule has 2 aromatic rings. The van der Waals surface area contributed by atoms with E-state index in [2.05, 4.69) is 5.32 Å². The molecule has 1 N–H and O–H groups in total. The highest BCUT2D eigenvalue weighted by Gasteiger charge is 2.19. The number of esters is 1. The van der Waals surface area contributed by atoms with E-state index in [9.17, 15) is 14.4 Å². The molecule has 29 heavy (non-hydrogen) atoms. The topological polar surface area (TPSA) is 99.5 Å². The minimum Gasteiger partial charge on any atom is -0.455 e. The summed E-state index contributed by atoms with van der Waals surface area (Å²) >= 11 is 0. The van der Waals surface area contributed by atoms with Crippen molar-refractivity contribution in [1.82, 2.24) is 5.32 Å². The summed E-state index contributed by atoms with van der Waals surface area (Å²) in [7, 11) is 0. The number of hydrogen-bond donors (Lipinski definition) is 1. The van der Waals surface area contributed by atoms with Crippen LogP contribution in [0.3, 0.4) is 0 Å². The SMILES string of the molecule is CC(CC(=O)OCC(=O)N(CCC#N)c1ccccc1)NC(=O)c1ccccc1. The molecule has 7 heteroatoms. The van der Waals surface area contributed by atoms with Crippen molar-refractivity contribution in [3.05, 3.63) is 66.2 Å². The number of nitrogens with one attached hydrogen (secondary N) is 1. The maximum absolute atomic E-state index is 12.5. The zero-order chi connectivity index (χ0) is 21.1. The van der Waals surface area contributed by atoms with Crippen LogP contribution in [0.5, 0.6) is 0 Å². The van der Waals surface area contributed by atoms with Gasteiger partial charge in [-0.05, 0) is 31.2 Å². The van der Waals surface area contributed by atoms with E-state index in [4.69, 9.17) is 10.00 Å². The maximum atomic E-state index is 12.5. The van der Waals surface area contributed by atoms with Gasteiger partial charge in [0, 0.05) is 23.8 Å². The second-order valence-electron chi connectivity index (χ2n) is 6.39. The fraction of sp³-hybridized carbons (Fsp3) is 0.273. The van der Waals surface area contributed by atoms with Gasteiger partial charge in [0.1, 0.15) is 0 Å². The van der Waals surface area contributed by atoms with Gasteiger partial charge in [0.15, 0.2) is 6.61 Å². The number of anilines is 1. The summed E-state index contributed by atoms with van der Waals surface area (Å²) in [5.74, 6) is -1.29. The Morgan fingerprint density at radius 1 is 1.07 bits per heavy atom. The van der Waals surface area contributed by atoms with Crippen LogP contribution in [0.25, 0.3) is 0 Å². The Morgan fingerprint density at radius 3 is 2.31 bits per heavy atom. The average molecular weight is 393 g/mol. The summed E-state index contributed by atoms with van der Waals surface area (Å²) < 4.78 is 5.08. The second-order valence-corrected chi connectivity index (χ2v) is 6.39. The largest absolute Gasteiger partial charge is 0.455 e. The third kappa shape index (κ3) is 7.11. The molecule has 0 aliphatic rings. The van der Waals surface area contributed by atoms with Crippen molar-refractivity contribution in [1.29, 1.82) is 5.26 Å². The van der Waals surface area contributed by atoms with Crippen LogP contribution in [0.4, 0.5) is 5.69 Å². The zero-order valence-electron chi connectivity index (χ0n) is 16.2. The van der Waals surface area contributed by atoms with Gasteiger partial charge in [-0.15, -0.1) is 0 Å². The predicted octanol–water partition coefficient (Wildman–Crippen LogP) is 2.69. The highest BCUT2D eigenvalue weighted by Crippen LogP contribution is 2.14. The zero-order valence-corrected chi connectivity index (χ0v) is 16.2. The normalized spacial score (nSPS) is 11.0. The van der Waals surface area contributed by atoms with E-state index in [-0.39, 0.29) is 25.3 Å². The van der Waals surface area contributed by atoms with E-state index < -0.39 is 24.5 Å². The summed E-state index contributed by atoms with van der Waals surface area (Å²) in [6.07, 6.45) is 0.104. The Hall–Kier alpha value is -3.66. The lowest BCUT2D eigenvalue weighted by molar-refractivity contribution is -0.148. The molecule has 2 aromatic carbocycles. The molecule has 0 saturated carbocycles. The highest BCUT2D eigenvalue weighted by atomic mass is 16.5. The van der Waals surface area contributed by atoms with E-state index >= 15 is 0 Å². The van der Waals surface area contributed by atoms with Crippen molar-refractivity contribution in [2.75, 3.05) is 18.1 Å². The number of ether oxygens (including phenoxy) is 1. The molecule has 150 valence electrons. The fourth-order valence-corrected chi connectivity index (χ4v) is 2.64. The Morgan fingerprint density at radius 2 is 1.69 bits per heavy atom. The molecule has 0 aliphatic heterocycles. The smallest absolute Gasteiger partial charge is 0.308 e. The Labute approximate surface area is 169 Å². The van der Waals surface area contributed by atoms with Crippen molar-refractivity contribution in [2.45, 2.75) is 25.8 Å². The standard InChI is InChI=1S/C22H23N3O4/c1-17(24-22(28)18-9-4-2-5-10-18)15-21(27)29-16-20(26)25(14-8-13-23)19-11-6-3-7-12-19/h2-7,9-12,17H,8,14-16H2,1H3,(H,24,28). The summed E-state index contributed by atoms with van der Waals surface area (Å²) in [5.41, 5.74) is 1.13. The summed E-state index contributed by atoms with van der Waals surface area (Å²) in [6.45, 7) is 1.46. The minimum atomic E-state index is -0.590. The number of carbonyl (C=O) groups is 3. The van der Waals surface area contributed by atoms with Gasteiger partial charge in [-0.2, -0.15) is 5.26 Å². The van der Waals surface area contributed by atoms with Crippen molar-refractivity contribution in [3.63, 3.8) is 0 Å². The fourth-order valence-electron chi connectivity index (χ4n) is 2.64. The summed E-state index contributed by atoms with van der Waals surface area (Å²) in [4.78, 5) is 38.0. The number of hydrogen-bond acceptors (Lipinski definition) is 5. The molecular weight excluding hydrogens is 370 g/mol. The third-order valence-corrected chi connectivity index (χ3v) is 4.06. The number of nitrogens with zero attached hydrogens (tertiary/aromatic N) is 2. The molecule has 0 bridgehead atoms. The third-order valence-electron chi connectivity index (χ3n) is 4.06. The molecule has 0 saturated heterocycles. The monoisotopic (exact) mass is 393 g/mol. The van der Waals surface area contributed by atoms with Gasteiger partial charge in [-0.3, -0.25) is 14.4 Å². The van der Waals surface area contributed by atoms with E-state index in [1.54, 1.807) is 55.5 Å². The van der Waals surface area contributed by atoms with Crippen molar-refractivity contribution >= 4 is 23.5 Å². The minimum absolute atomic E-state index is 0.0601. The number of carbonyl (C=O) groups excluding carboxylic acids is 3. The van der Waals surface area contributed by atoms with E-state index in [1.807, 2.05) is 18.2 Å². The number of para-hydroxylation sites is 1. The second kappa shape index (κ2) is 11.2. The van der Waals surface area contributed by atoms with Crippen molar-refractivity contribution in [2.24, 2.45) is 0 Å². The van der Waals surface area contributed by atoms with Crippen molar-refractivity contribution in [3.8, 4) is 6.07 Å². The molecule has 0 heterocycles. The van der Waals surface area contributed by atoms with Crippen LogP contribution in [-0.2, 0) is 14.3 Å². The van der Waals surface area contributed by atoms with Gasteiger partial charge in [-0.1, -0.05) is 36.4 Å². The number of amides is 2. The first-order chi connectivity index (χ1) is 14.0. The van der Waals surface area contributed by atoms with Crippen LogP contribution in [0.1, 0.15) is 30.1 Å². The number of benzene rings is 2. The van der Waals surface area contributed by atoms with Crippen LogP contribution in [0, 0.1) is 11.3 Å². The first kappa shape index (κ1) is 21.6. The number of nitriles is 1. The molecule has 2 rings (SSSR count). The van der Waals surface area contributed by atoms with Gasteiger partial charge in [0.05, 0.1) is 18.9 Å². The first-order valence-electron chi connectivity index (χ1n) is 9.25. The lowest BCUT2D eigenvalue weighted by Crippen LogP contribution is -2.37. The van der Waals surface area contributed by atoms with E-state index in [0.717, 1.165) is 0 Å². The summed E-state index contributed by atoms with van der Waals surface area (Å²) in [6, 6.07) is 19.1. The molecule has 0 spiro atoms. The quantitative estimate of drug-likeness (QED) is 0.660. The molecule has 1 unspecified atom stereocenters. The molecular formula is C22H23N3O4. The van der Waals surface area contributed by atoms with Crippen molar-refractivity contribution < 1.29 is 19.1 Å². The Balaban J connectivity index is 1.84. The molecule has 0 aliphatic carbocycles. The van der Waals surface area contributed by atoms with Crippen LogP contribution < -0.4 is 10.2 Å². The van der Waals surface area contributed by atoms with E-state index in [1.165, 1.54) is 4.90 Å².